The molecule has 0 aliphatic rings. The second kappa shape index (κ2) is 4.34. The topological polar surface area (TPSA) is 17.1 Å². The van der Waals surface area contributed by atoms with Gasteiger partial charge in [0.05, 0.1) is 0 Å². The van der Waals surface area contributed by atoms with Crippen LogP contribution in [0.4, 0.5) is 0 Å². The van der Waals surface area contributed by atoms with Crippen molar-refractivity contribution >= 4 is 30.9 Å². The molecule has 0 heterocycles. The number of carbonyl (C=O) groups excluding carboxylic acids is 1. The van der Waals surface area contributed by atoms with Gasteiger partial charge in [-0.15, -0.1) is 6.42 Å². The van der Waals surface area contributed by atoms with E-state index in [2.05, 4.69) is 5.92 Å². The third-order valence-corrected chi connectivity index (χ3v) is 3.45. The van der Waals surface area contributed by atoms with Crippen LogP contribution >= 0.6 is 0 Å². The molecule has 0 aromatic heterocycles. The van der Waals surface area contributed by atoms with Gasteiger partial charge < -0.3 is 4.79 Å². The lowest BCUT2D eigenvalue weighted by molar-refractivity contribution is -0.110. The lowest BCUT2D eigenvalue weighted by Crippen LogP contribution is -2.22. The van der Waals surface area contributed by atoms with Crippen LogP contribution in [-0.2, 0) is 4.79 Å². The maximum absolute atomic E-state index is 11.2. The van der Waals surface area contributed by atoms with Gasteiger partial charge in [-0.25, -0.2) is 0 Å². The highest BCUT2D eigenvalue weighted by Gasteiger charge is 2.07. The summed E-state index contributed by atoms with van der Waals surface area (Å²) in [4.78, 5) is 11.2. The fraction of sp³-hybridized carbons (Fsp3) is 0.0714. The van der Waals surface area contributed by atoms with Gasteiger partial charge in [0.1, 0.15) is 5.41 Å². The Labute approximate surface area is 97.3 Å². The molecule has 0 saturated carbocycles. The SMILES string of the molecule is C#Cc1ccc([Si]C(C)=O)c2ccccc12. The van der Waals surface area contributed by atoms with Gasteiger partial charge in [-0.3, -0.25) is 0 Å². The number of rotatable bonds is 2. The predicted molar refractivity (Wildman–Crippen MR) is 68.0 cm³/mol. The zero-order valence-electron chi connectivity index (χ0n) is 8.95. The van der Waals surface area contributed by atoms with E-state index in [9.17, 15) is 4.79 Å². The van der Waals surface area contributed by atoms with Crippen LogP contribution in [0.2, 0.25) is 0 Å². The first-order valence-corrected chi connectivity index (χ1v) is 5.98. The number of hydrogen-bond donors (Lipinski definition) is 0. The summed E-state index contributed by atoms with van der Waals surface area (Å²) < 4.78 is 0. The molecule has 0 saturated heterocycles. The molecule has 2 rings (SSSR count). The largest absolute Gasteiger partial charge is 0.306 e. The lowest BCUT2D eigenvalue weighted by atomic mass is 10.1. The van der Waals surface area contributed by atoms with Crippen LogP contribution in [0.25, 0.3) is 10.8 Å². The molecular formula is C14H10OSi. The van der Waals surface area contributed by atoms with Gasteiger partial charge in [0.15, 0.2) is 9.52 Å². The third kappa shape index (κ3) is 1.91. The summed E-state index contributed by atoms with van der Waals surface area (Å²) in [5, 5.41) is 3.41. The van der Waals surface area contributed by atoms with E-state index in [1.807, 2.05) is 36.4 Å². The average molecular weight is 222 g/mol. The quantitative estimate of drug-likeness (QED) is 0.558. The normalized spacial score (nSPS) is 10.0. The zero-order valence-corrected chi connectivity index (χ0v) is 9.95. The summed E-state index contributed by atoms with van der Waals surface area (Å²) in [6.45, 7) is 1.61. The Bertz CT molecular complexity index is 593. The molecule has 1 nitrogen and oxygen atoms in total. The van der Waals surface area contributed by atoms with Crippen molar-refractivity contribution < 1.29 is 4.79 Å². The Balaban J connectivity index is 2.70. The van der Waals surface area contributed by atoms with Crippen LogP contribution in [0.1, 0.15) is 12.5 Å². The fourth-order valence-corrected chi connectivity index (χ4v) is 2.62. The second-order valence-corrected chi connectivity index (χ2v) is 5.02. The van der Waals surface area contributed by atoms with E-state index in [-0.39, 0.29) is 14.9 Å². The van der Waals surface area contributed by atoms with Gasteiger partial charge >= 0.3 is 0 Å². The van der Waals surface area contributed by atoms with Gasteiger partial charge in [-0.2, -0.15) is 0 Å². The van der Waals surface area contributed by atoms with Crippen LogP contribution < -0.4 is 5.19 Å². The van der Waals surface area contributed by atoms with Crippen LogP contribution in [0.5, 0.6) is 0 Å². The van der Waals surface area contributed by atoms with Crippen molar-refractivity contribution in [3.8, 4) is 12.3 Å². The summed E-state index contributed by atoms with van der Waals surface area (Å²) in [7, 11) is 0.205. The molecule has 2 radical (unpaired) electrons. The first kappa shape index (κ1) is 10.7. The number of fused-ring (bicyclic) bond motifs is 1. The molecule has 0 aliphatic heterocycles. The summed E-state index contributed by atoms with van der Waals surface area (Å²) >= 11 is 0. The Morgan fingerprint density at radius 2 is 1.88 bits per heavy atom. The van der Waals surface area contributed by atoms with Gasteiger partial charge in [0.2, 0.25) is 0 Å². The monoisotopic (exact) mass is 222 g/mol. The van der Waals surface area contributed by atoms with Crippen LogP contribution in [0.15, 0.2) is 36.4 Å². The Kier molecular flexibility index (Phi) is 2.89. The Morgan fingerprint density at radius 3 is 2.50 bits per heavy atom. The minimum atomic E-state index is 0.193. The van der Waals surface area contributed by atoms with Crippen LogP contribution in [0.3, 0.4) is 0 Å². The molecular weight excluding hydrogens is 212 g/mol. The number of carbonyl (C=O) groups is 1. The van der Waals surface area contributed by atoms with Gasteiger partial charge in [-0.05, 0) is 28.9 Å². The first-order chi connectivity index (χ1) is 7.72. The second-order valence-electron chi connectivity index (χ2n) is 3.53. The molecule has 0 bridgehead atoms. The van der Waals surface area contributed by atoms with Gasteiger partial charge in [0, 0.05) is 5.56 Å². The predicted octanol–water partition coefficient (Wildman–Crippen LogP) is 1.70. The van der Waals surface area contributed by atoms with Gasteiger partial charge in [-0.1, -0.05) is 36.3 Å². The van der Waals surface area contributed by atoms with Crippen molar-refractivity contribution in [3.05, 3.63) is 42.0 Å². The van der Waals surface area contributed by atoms with E-state index in [4.69, 9.17) is 6.42 Å². The van der Waals surface area contributed by atoms with Crippen LogP contribution in [0, 0.1) is 12.3 Å². The molecule has 2 heteroatoms. The Hall–Kier alpha value is -1.85. The smallest absolute Gasteiger partial charge is 0.172 e. The highest BCUT2D eigenvalue weighted by atomic mass is 28.2. The molecule has 0 N–H and O–H groups in total. The maximum atomic E-state index is 11.2. The first-order valence-electron chi connectivity index (χ1n) is 4.98. The van der Waals surface area contributed by atoms with Crippen molar-refractivity contribution in [2.24, 2.45) is 0 Å². The number of hydrogen-bond acceptors (Lipinski definition) is 1. The molecule has 2 aromatic carbocycles. The molecule has 0 unspecified atom stereocenters. The standard InChI is InChI=1S/C14H10OSi/c1-3-11-8-9-14(16-10(2)15)13-7-5-4-6-12(11)13/h1,4-9H,2H3. The van der Waals surface area contributed by atoms with E-state index in [1.54, 1.807) is 6.92 Å². The van der Waals surface area contributed by atoms with Crippen molar-refractivity contribution in [2.75, 3.05) is 0 Å². The van der Waals surface area contributed by atoms with Crippen molar-refractivity contribution in [3.63, 3.8) is 0 Å². The highest BCUT2D eigenvalue weighted by molar-refractivity contribution is 6.85. The molecule has 0 aliphatic carbocycles. The number of terminal acetylenes is 1. The maximum Gasteiger partial charge on any atom is 0.172 e. The average Bonchev–Trinajstić information content (AvgIpc) is 2.29. The van der Waals surface area contributed by atoms with E-state index in [0.717, 1.165) is 21.5 Å². The Morgan fingerprint density at radius 1 is 1.19 bits per heavy atom. The van der Waals surface area contributed by atoms with E-state index in [1.165, 1.54) is 0 Å². The van der Waals surface area contributed by atoms with E-state index < -0.39 is 0 Å². The van der Waals surface area contributed by atoms with E-state index in [0.29, 0.717) is 0 Å². The molecule has 76 valence electrons. The lowest BCUT2D eigenvalue weighted by Gasteiger charge is -2.06. The minimum Gasteiger partial charge on any atom is -0.306 e. The highest BCUT2D eigenvalue weighted by Crippen LogP contribution is 2.15. The summed E-state index contributed by atoms with van der Waals surface area (Å²) in [6.07, 6.45) is 5.45. The summed E-state index contributed by atoms with van der Waals surface area (Å²) in [6, 6.07) is 11.8. The molecule has 0 atom stereocenters. The summed E-state index contributed by atoms with van der Waals surface area (Å²) in [5.41, 5.74) is 0.882. The zero-order chi connectivity index (χ0) is 11.5. The van der Waals surface area contributed by atoms with Crippen LogP contribution in [-0.4, -0.2) is 14.9 Å². The number of benzene rings is 2. The summed E-state index contributed by atoms with van der Waals surface area (Å²) in [5.74, 6) is 2.67. The minimum absolute atomic E-state index is 0.193. The van der Waals surface area contributed by atoms with E-state index >= 15 is 0 Å². The molecule has 16 heavy (non-hydrogen) atoms. The van der Waals surface area contributed by atoms with Crippen molar-refractivity contribution in [1.82, 2.24) is 0 Å². The molecule has 0 spiro atoms. The molecule has 0 fully saturated rings. The molecule has 2 aromatic rings. The van der Waals surface area contributed by atoms with Gasteiger partial charge in [0.25, 0.3) is 0 Å². The molecule has 0 amide bonds. The van der Waals surface area contributed by atoms with Crippen molar-refractivity contribution in [1.29, 1.82) is 0 Å². The fourth-order valence-electron chi connectivity index (χ4n) is 1.72. The van der Waals surface area contributed by atoms with Crippen molar-refractivity contribution in [2.45, 2.75) is 6.92 Å². The third-order valence-electron chi connectivity index (χ3n) is 2.39.